The van der Waals surface area contributed by atoms with Crippen LogP contribution >= 0.6 is 35.0 Å². The highest BCUT2D eigenvalue weighted by Gasteiger charge is 2.22. The van der Waals surface area contributed by atoms with Crippen molar-refractivity contribution in [2.75, 3.05) is 45.6 Å². The highest BCUT2D eigenvalue weighted by molar-refractivity contribution is 7.99. The molecule has 3 rings (SSSR count). The average molecular weight is 446 g/mol. The van der Waals surface area contributed by atoms with E-state index in [-0.39, 0.29) is 5.91 Å². The van der Waals surface area contributed by atoms with E-state index in [0.717, 1.165) is 26.2 Å². The Morgan fingerprint density at radius 3 is 2.86 bits per heavy atom. The monoisotopic (exact) mass is 445 g/mol. The van der Waals surface area contributed by atoms with E-state index in [1.54, 1.807) is 18.2 Å². The van der Waals surface area contributed by atoms with E-state index in [4.69, 9.17) is 32.4 Å². The van der Waals surface area contributed by atoms with E-state index in [2.05, 4.69) is 17.2 Å². The zero-order valence-corrected chi connectivity index (χ0v) is 17.9. The van der Waals surface area contributed by atoms with Crippen LogP contribution in [0, 0.1) is 0 Å². The van der Waals surface area contributed by atoms with Crippen LogP contribution in [0.2, 0.25) is 10.0 Å². The van der Waals surface area contributed by atoms with Gasteiger partial charge in [-0.1, -0.05) is 35.0 Å². The number of carbonyl (C=O) groups excluding carboxylic acids is 1. The first kappa shape index (κ1) is 21.2. The average Bonchev–Trinajstić information content (AvgIpc) is 3.13. The molecule has 0 atom stereocenters. The number of amides is 1. The van der Waals surface area contributed by atoms with Crippen molar-refractivity contribution in [2.45, 2.75) is 18.1 Å². The number of piperazine rings is 1. The van der Waals surface area contributed by atoms with Crippen molar-refractivity contribution in [3.63, 3.8) is 0 Å². The third-order valence-electron chi connectivity index (χ3n) is 4.42. The van der Waals surface area contributed by atoms with Gasteiger partial charge < -0.3 is 19.0 Å². The lowest BCUT2D eigenvalue weighted by atomic mass is 10.3. The number of halogens is 2. The molecule has 0 bridgehead atoms. The molecule has 1 aromatic heterocycles. The molecule has 1 amide bonds. The fourth-order valence-electron chi connectivity index (χ4n) is 2.75. The van der Waals surface area contributed by atoms with Crippen molar-refractivity contribution in [3.8, 4) is 5.75 Å². The summed E-state index contributed by atoms with van der Waals surface area (Å²) in [6, 6.07) is 5.12. The zero-order chi connectivity index (χ0) is 19.9. The number of hydrogen-bond acceptors (Lipinski definition) is 6. The predicted octanol–water partition coefficient (Wildman–Crippen LogP) is 1.84. The van der Waals surface area contributed by atoms with E-state index in [9.17, 15) is 4.79 Å². The van der Waals surface area contributed by atoms with Crippen LogP contribution in [-0.4, -0.2) is 66.6 Å². The molecule has 152 valence electrons. The summed E-state index contributed by atoms with van der Waals surface area (Å²) in [6.45, 7) is 4.06. The summed E-state index contributed by atoms with van der Waals surface area (Å²) in [5.74, 6) is 1.56. The van der Waals surface area contributed by atoms with Gasteiger partial charge in [-0.05, 0) is 24.6 Å². The summed E-state index contributed by atoms with van der Waals surface area (Å²) in [4.78, 5) is 15.6. The highest BCUT2D eigenvalue weighted by Crippen LogP contribution is 2.27. The minimum Gasteiger partial charge on any atom is -0.492 e. The van der Waals surface area contributed by atoms with Crippen LogP contribution in [0.15, 0.2) is 27.8 Å². The second-order valence-corrected chi connectivity index (χ2v) is 8.39. The SMILES string of the molecule is C[NH+]1CCN(C(=O)CSc2nnc(CCCOc3ccc(Cl)cc3Cl)o2)CC1. The summed E-state index contributed by atoms with van der Waals surface area (Å²) in [6.07, 6.45) is 1.29. The van der Waals surface area contributed by atoms with Gasteiger partial charge in [0.15, 0.2) is 0 Å². The molecular formula is C18H23Cl2N4O3S+. The van der Waals surface area contributed by atoms with Crippen molar-refractivity contribution in [3.05, 3.63) is 34.1 Å². The fourth-order valence-corrected chi connectivity index (χ4v) is 3.89. The molecule has 7 nitrogen and oxygen atoms in total. The number of hydrogen-bond donors (Lipinski definition) is 1. The first-order valence-corrected chi connectivity index (χ1v) is 10.9. The molecular weight excluding hydrogens is 423 g/mol. The molecule has 2 aromatic rings. The highest BCUT2D eigenvalue weighted by atomic mass is 35.5. The maximum atomic E-state index is 12.2. The minimum atomic E-state index is 0.116. The maximum Gasteiger partial charge on any atom is 0.277 e. The Morgan fingerprint density at radius 1 is 1.32 bits per heavy atom. The number of benzene rings is 1. The molecule has 28 heavy (non-hydrogen) atoms. The summed E-state index contributed by atoms with van der Waals surface area (Å²) in [5.41, 5.74) is 0. The molecule has 1 aliphatic rings. The molecule has 0 unspecified atom stereocenters. The lowest BCUT2D eigenvalue weighted by molar-refractivity contribution is -0.883. The molecule has 0 aliphatic carbocycles. The summed E-state index contributed by atoms with van der Waals surface area (Å²) in [5, 5.41) is 9.50. The Kier molecular flexibility index (Phi) is 7.84. The van der Waals surface area contributed by atoms with E-state index >= 15 is 0 Å². The number of quaternary nitrogens is 1. The Balaban J connectivity index is 1.36. The van der Waals surface area contributed by atoms with Gasteiger partial charge in [0.1, 0.15) is 5.75 Å². The third kappa shape index (κ3) is 6.27. The van der Waals surface area contributed by atoms with Gasteiger partial charge in [0, 0.05) is 11.4 Å². The Morgan fingerprint density at radius 2 is 2.11 bits per heavy atom. The smallest absolute Gasteiger partial charge is 0.277 e. The summed E-state index contributed by atoms with van der Waals surface area (Å²) >= 11 is 13.2. The van der Waals surface area contributed by atoms with Crippen LogP contribution in [0.3, 0.4) is 0 Å². The molecule has 1 saturated heterocycles. The fraction of sp³-hybridized carbons (Fsp3) is 0.500. The third-order valence-corrected chi connectivity index (χ3v) is 5.76. The Bertz CT molecular complexity index is 797. The molecule has 1 aliphatic heterocycles. The van der Waals surface area contributed by atoms with Gasteiger partial charge in [0.05, 0.1) is 50.6 Å². The number of rotatable bonds is 8. The van der Waals surface area contributed by atoms with Gasteiger partial charge in [-0.3, -0.25) is 4.79 Å². The number of thioether (sulfide) groups is 1. The summed E-state index contributed by atoms with van der Waals surface area (Å²) < 4.78 is 11.2. The molecule has 1 aromatic carbocycles. The van der Waals surface area contributed by atoms with E-state index in [0.29, 0.717) is 52.1 Å². The lowest BCUT2D eigenvalue weighted by Crippen LogP contribution is -3.12. The van der Waals surface area contributed by atoms with E-state index in [1.165, 1.54) is 16.7 Å². The largest absolute Gasteiger partial charge is 0.492 e. The number of likely N-dealkylation sites (N-methyl/N-ethyl adjacent to an activating group) is 1. The molecule has 10 heteroatoms. The number of carbonyl (C=O) groups is 1. The summed E-state index contributed by atoms with van der Waals surface area (Å²) in [7, 11) is 2.14. The molecule has 0 saturated carbocycles. The van der Waals surface area contributed by atoms with Gasteiger partial charge in [-0.2, -0.15) is 0 Å². The van der Waals surface area contributed by atoms with Crippen LogP contribution in [0.5, 0.6) is 5.75 Å². The van der Waals surface area contributed by atoms with Crippen LogP contribution < -0.4 is 9.64 Å². The molecule has 1 fully saturated rings. The van der Waals surface area contributed by atoms with E-state index < -0.39 is 0 Å². The van der Waals surface area contributed by atoms with Gasteiger partial charge in [0.25, 0.3) is 5.22 Å². The first-order valence-electron chi connectivity index (χ1n) is 9.13. The van der Waals surface area contributed by atoms with Crippen molar-refractivity contribution in [1.82, 2.24) is 15.1 Å². The number of aromatic nitrogens is 2. The minimum absolute atomic E-state index is 0.116. The van der Waals surface area contributed by atoms with Crippen LogP contribution in [0.1, 0.15) is 12.3 Å². The Hall–Kier alpha value is -1.48. The van der Waals surface area contributed by atoms with Gasteiger partial charge in [0.2, 0.25) is 11.8 Å². The van der Waals surface area contributed by atoms with E-state index in [1.807, 2.05) is 4.90 Å². The van der Waals surface area contributed by atoms with Crippen LogP contribution in [0.4, 0.5) is 0 Å². The predicted molar refractivity (Wildman–Crippen MR) is 109 cm³/mol. The van der Waals surface area contributed by atoms with Crippen molar-refractivity contribution < 1.29 is 18.8 Å². The molecule has 0 spiro atoms. The molecule has 0 radical (unpaired) electrons. The Labute approximate surface area is 178 Å². The topological polar surface area (TPSA) is 72.9 Å². The number of nitrogens with zero attached hydrogens (tertiary/aromatic N) is 3. The second kappa shape index (κ2) is 10.3. The lowest BCUT2D eigenvalue weighted by Gasteiger charge is -2.29. The van der Waals surface area contributed by atoms with Gasteiger partial charge in [-0.15, -0.1) is 10.2 Å². The molecule has 2 heterocycles. The quantitative estimate of drug-likeness (QED) is 0.493. The van der Waals surface area contributed by atoms with Gasteiger partial charge >= 0.3 is 0 Å². The zero-order valence-electron chi connectivity index (χ0n) is 15.6. The van der Waals surface area contributed by atoms with Crippen molar-refractivity contribution in [1.29, 1.82) is 0 Å². The first-order chi connectivity index (χ1) is 13.5. The van der Waals surface area contributed by atoms with Gasteiger partial charge in [-0.25, -0.2) is 0 Å². The molecule has 1 N–H and O–H groups in total. The second-order valence-electron chi connectivity index (χ2n) is 6.62. The number of nitrogens with one attached hydrogen (secondary N) is 1. The number of aryl methyl sites for hydroxylation is 1. The van der Waals surface area contributed by atoms with Crippen molar-refractivity contribution in [2.24, 2.45) is 0 Å². The van der Waals surface area contributed by atoms with Crippen LogP contribution in [0.25, 0.3) is 0 Å². The normalized spacial score (nSPS) is 15.0. The standard InChI is InChI=1S/C18H22Cl2N4O3S/c1-23-6-8-24(9-7-23)17(25)12-28-18-22-21-16(27-18)3-2-10-26-15-5-4-13(19)11-14(15)20/h4-5,11H,2-3,6-10,12H2,1H3/p+1. The van der Waals surface area contributed by atoms with Crippen LogP contribution in [-0.2, 0) is 11.2 Å². The van der Waals surface area contributed by atoms with Crippen molar-refractivity contribution >= 4 is 40.9 Å². The maximum absolute atomic E-state index is 12.2. The number of ether oxygens (including phenoxy) is 1.